The minimum absolute atomic E-state index is 0.151. The lowest BCUT2D eigenvalue weighted by Gasteiger charge is -2.23. The molecular weight excluding hydrogens is 308 g/mol. The van der Waals surface area contributed by atoms with Crippen molar-refractivity contribution >= 4 is 11.8 Å². The molecule has 1 fully saturated rings. The van der Waals surface area contributed by atoms with E-state index in [-0.39, 0.29) is 12.0 Å². The van der Waals surface area contributed by atoms with Gasteiger partial charge in [0.15, 0.2) is 0 Å². The molecule has 1 aromatic carbocycles. The molecule has 6 nitrogen and oxygen atoms in total. The van der Waals surface area contributed by atoms with Crippen LogP contribution in [0, 0.1) is 11.8 Å². The maximum Gasteiger partial charge on any atom is 0.309 e. The molecule has 0 bridgehead atoms. The lowest BCUT2D eigenvalue weighted by atomic mass is 9.96. The highest BCUT2D eigenvalue weighted by molar-refractivity contribution is 6.35. The van der Waals surface area contributed by atoms with Gasteiger partial charge in [-0.2, -0.15) is 0 Å². The second-order valence-corrected chi connectivity index (χ2v) is 6.41. The molecule has 1 aliphatic heterocycles. The Morgan fingerprint density at radius 3 is 2.50 bits per heavy atom. The van der Waals surface area contributed by atoms with Gasteiger partial charge in [0.05, 0.1) is 19.8 Å². The highest BCUT2D eigenvalue weighted by atomic mass is 16.5. The molecule has 2 N–H and O–H groups in total. The molecule has 132 valence electrons. The van der Waals surface area contributed by atoms with E-state index in [2.05, 4.69) is 10.6 Å². The van der Waals surface area contributed by atoms with E-state index < -0.39 is 11.8 Å². The zero-order valence-electron chi connectivity index (χ0n) is 14.5. The van der Waals surface area contributed by atoms with Gasteiger partial charge >= 0.3 is 11.8 Å². The molecule has 6 heteroatoms. The van der Waals surface area contributed by atoms with Crippen molar-refractivity contribution in [3.8, 4) is 5.75 Å². The molecule has 1 aromatic rings. The summed E-state index contributed by atoms with van der Waals surface area (Å²) in [6, 6.07) is 7.26. The van der Waals surface area contributed by atoms with Crippen LogP contribution >= 0.6 is 0 Å². The fourth-order valence-corrected chi connectivity index (χ4v) is 2.71. The molecule has 1 saturated heterocycles. The van der Waals surface area contributed by atoms with E-state index in [1.807, 2.05) is 38.1 Å². The minimum Gasteiger partial charge on any atom is -0.497 e. The fraction of sp³-hybridized carbons (Fsp3) is 0.556. The van der Waals surface area contributed by atoms with Crippen LogP contribution in [0.4, 0.5) is 0 Å². The number of methoxy groups -OCH3 is 1. The Kier molecular flexibility index (Phi) is 6.61. The van der Waals surface area contributed by atoms with Crippen LogP contribution in [0.25, 0.3) is 0 Å². The molecule has 0 radical (unpaired) electrons. The molecule has 1 heterocycles. The predicted octanol–water partition coefficient (Wildman–Crippen LogP) is 1.66. The quantitative estimate of drug-likeness (QED) is 0.776. The molecule has 24 heavy (non-hydrogen) atoms. The third-order valence-corrected chi connectivity index (χ3v) is 4.21. The normalized spacial score (nSPS) is 18.2. The zero-order valence-corrected chi connectivity index (χ0v) is 14.5. The Balaban J connectivity index is 1.92. The molecule has 0 aliphatic carbocycles. The molecule has 0 spiro atoms. The highest BCUT2D eigenvalue weighted by Gasteiger charge is 2.24. The Labute approximate surface area is 142 Å². The largest absolute Gasteiger partial charge is 0.497 e. The first kappa shape index (κ1) is 18.3. The summed E-state index contributed by atoms with van der Waals surface area (Å²) < 4.78 is 10.4. The second-order valence-electron chi connectivity index (χ2n) is 6.41. The molecule has 2 rings (SSSR count). The summed E-state index contributed by atoms with van der Waals surface area (Å²) in [4.78, 5) is 24.2. The van der Waals surface area contributed by atoms with Gasteiger partial charge in [0.2, 0.25) is 0 Å². The zero-order chi connectivity index (χ0) is 17.5. The van der Waals surface area contributed by atoms with Crippen LogP contribution in [-0.4, -0.2) is 38.7 Å². The van der Waals surface area contributed by atoms with Crippen molar-refractivity contribution in [3.63, 3.8) is 0 Å². The van der Waals surface area contributed by atoms with Crippen LogP contribution in [0.1, 0.15) is 31.9 Å². The van der Waals surface area contributed by atoms with Crippen LogP contribution in [0.2, 0.25) is 0 Å². The van der Waals surface area contributed by atoms with Gasteiger partial charge in [-0.25, -0.2) is 0 Å². The number of hydrogen-bond donors (Lipinski definition) is 2. The molecule has 2 atom stereocenters. The van der Waals surface area contributed by atoms with Crippen molar-refractivity contribution < 1.29 is 19.1 Å². The van der Waals surface area contributed by atoms with E-state index >= 15 is 0 Å². The van der Waals surface area contributed by atoms with E-state index in [4.69, 9.17) is 9.47 Å². The monoisotopic (exact) mass is 334 g/mol. The van der Waals surface area contributed by atoms with Crippen molar-refractivity contribution in [1.82, 2.24) is 10.6 Å². The van der Waals surface area contributed by atoms with E-state index in [9.17, 15) is 9.59 Å². The van der Waals surface area contributed by atoms with Gasteiger partial charge in [0.1, 0.15) is 5.75 Å². The van der Waals surface area contributed by atoms with Gasteiger partial charge in [-0.15, -0.1) is 0 Å². The number of carbonyl (C=O) groups is 2. The summed E-state index contributed by atoms with van der Waals surface area (Å²) in [7, 11) is 1.61. The van der Waals surface area contributed by atoms with Gasteiger partial charge < -0.3 is 20.1 Å². The van der Waals surface area contributed by atoms with Gasteiger partial charge in [0, 0.05) is 19.1 Å². The topological polar surface area (TPSA) is 76.7 Å². The van der Waals surface area contributed by atoms with Crippen molar-refractivity contribution in [2.75, 3.05) is 26.9 Å². The van der Waals surface area contributed by atoms with Gasteiger partial charge in [-0.1, -0.05) is 26.0 Å². The molecule has 1 aliphatic rings. The molecule has 0 saturated carbocycles. The molecule has 2 amide bonds. The van der Waals surface area contributed by atoms with Crippen molar-refractivity contribution in [2.24, 2.45) is 11.8 Å². The third kappa shape index (κ3) is 4.96. The van der Waals surface area contributed by atoms with Crippen LogP contribution in [0.3, 0.4) is 0 Å². The third-order valence-electron chi connectivity index (χ3n) is 4.21. The number of nitrogens with one attached hydrogen (secondary N) is 2. The molecule has 0 unspecified atom stereocenters. The summed E-state index contributed by atoms with van der Waals surface area (Å²) in [5, 5.41) is 5.51. The minimum atomic E-state index is -0.608. The highest BCUT2D eigenvalue weighted by Crippen LogP contribution is 2.23. The Morgan fingerprint density at radius 1 is 1.25 bits per heavy atom. The summed E-state index contributed by atoms with van der Waals surface area (Å²) in [5.74, 6) is -0.00351. The number of rotatable bonds is 6. The van der Waals surface area contributed by atoms with Crippen molar-refractivity contribution in [3.05, 3.63) is 29.8 Å². The number of amides is 2. The lowest BCUT2D eigenvalue weighted by molar-refractivity contribution is -0.140. The summed E-state index contributed by atoms with van der Waals surface area (Å²) in [6.45, 7) is 5.84. The SMILES string of the molecule is COc1ccc([C@@H](NC(=O)C(=O)NC[C@@H]2CCOC2)C(C)C)cc1. The Bertz CT molecular complexity index is 551. The van der Waals surface area contributed by atoms with Crippen molar-refractivity contribution in [2.45, 2.75) is 26.3 Å². The van der Waals surface area contributed by atoms with E-state index in [0.717, 1.165) is 24.3 Å². The second kappa shape index (κ2) is 8.68. The van der Waals surface area contributed by atoms with Gasteiger partial charge in [0.25, 0.3) is 0 Å². The first-order valence-corrected chi connectivity index (χ1v) is 8.31. The predicted molar refractivity (Wildman–Crippen MR) is 90.7 cm³/mol. The maximum atomic E-state index is 12.2. The van der Waals surface area contributed by atoms with Gasteiger partial charge in [-0.05, 0) is 30.0 Å². The average Bonchev–Trinajstić information content (AvgIpc) is 3.10. The molecule has 0 aromatic heterocycles. The summed E-state index contributed by atoms with van der Waals surface area (Å²) in [5.41, 5.74) is 0.941. The molecular formula is C18H26N2O4. The average molecular weight is 334 g/mol. The first-order chi connectivity index (χ1) is 11.5. The number of ether oxygens (including phenoxy) is 2. The van der Waals surface area contributed by atoms with E-state index in [1.54, 1.807) is 7.11 Å². The Hall–Kier alpha value is -2.08. The number of carbonyl (C=O) groups excluding carboxylic acids is 2. The van der Waals surface area contributed by atoms with Crippen LogP contribution in [-0.2, 0) is 14.3 Å². The number of hydrogen-bond acceptors (Lipinski definition) is 4. The maximum absolute atomic E-state index is 12.2. The van der Waals surface area contributed by atoms with Crippen LogP contribution < -0.4 is 15.4 Å². The van der Waals surface area contributed by atoms with Crippen molar-refractivity contribution in [1.29, 1.82) is 0 Å². The number of benzene rings is 1. The van der Waals surface area contributed by atoms with Crippen LogP contribution in [0.15, 0.2) is 24.3 Å². The Morgan fingerprint density at radius 2 is 1.96 bits per heavy atom. The summed E-state index contributed by atoms with van der Waals surface area (Å²) >= 11 is 0. The smallest absolute Gasteiger partial charge is 0.309 e. The summed E-state index contributed by atoms with van der Waals surface area (Å²) in [6.07, 6.45) is 0.919. The van der Waals surface area contributed by atoms with E-state index in [1.165, 1.54) is 0 Å². The van der Waals surface area contributed by atoms with Crippen LogP contribution in [0.5, 0.6) is 5.75 Å². The lowest BCUT2D eigenvalue weighted by Crippen LogP contribution is -2.44. The fourth-order valence-electron chi connectivity index (χ4n) is 2.71. The van der Waals surface area contributed by atoms with E-state index in [0.29, 0.717) is 19.1 Å². The first-order valence-electron chi connectivity index (χ1n) is 8.31. The van der Waals surface area contributed by atoms with Gasteiger partial charge in [-0.3, -0.25) is 9.59 Å². The standard InChI is InChI=1S/C18H26N2O4/c1-12(2)16(14-4-6-15(23-3)7-5-14)20-18(22)17(21)19-10-13-8-9-24-11-13/h4-7,12-13,16H,8-11H2,1-3H3,(H,19,21)(H,20,22)/t13-,16-/m0/s1.